The molecule has 27 heavy (non-hydrogen) atoms. The molecular weight excluding hydrogens is 385 g/mol. The fourth-order valence-electron chi connectivity index (χ4n) is 3.50. The van der Waals surface area contributed by atoms with E-state index in [2.05, 4.69) is 4.90 Å². The number of halogens is 2. The zero-order valence-corrected chi connectivity index (χ0v) is 16.6. The number of benzene rings is 2. The molecule has 1 saturated heterocycles. The third-order valence-corrected chi connectivity index (χ3v) is 5.54. The van der Waals surface area contributed by atoms with Gasteiger partial charge in [0.25, 0.3) is 0 Å². The first-order valence-corrected chi connectivity index (χ1v) is 10.00. The number of β-amino-alcohol motifs (C(OH)–C–C–N with tert-alkyl or cyclic N) is 1. The number of nitrogens with zero attached hydrogens (tertiary/aromatic N) is 1. The van der Waals surface area contributed by atoms with Crippen LogP contribution in [0.25, 0.3) is 0 Å². The maximum Gasteiger partial charge on any atom is 0.138 e. The van der Waals surface area contributed by atoms with Crippen molar-refractivity contribution in [1.29, 1.82) is 0 Å². The van der Waals surface area contributed by atoms with E-state index in [0.717, 1.165) is 31.5 Å². The van der Waals surface area contributed by atoms with Crippen LogP contribution < -0.4 is 4.74 Å². The highest BCUT2D eigenvalue weighted by atomic mass is 35.5. The first-order valence-electron chi connectivity index (χ1n) is 9.24. The van der Waals surface area contributed by atoms with Crippen LogP contribution in [0.2, 0.25) is 10.0 Å². The number of rotatable bonds is 7. The number of piperidine rings is 1. The van der Waals surface area contributed by atoms with Crippen LogP contribution in [0.15, 0.2) is 48.5 Å². The van der Waals surface area contributed by atoms with Crippen LogP contribution in [0.5, 0.6) is 5.75 Å². The summed E-state index contributed by atoms with van der Waals surface area (Å²) < 4.78 is 5.61. The molecular formula is C21H25Cl2NO3. The minimum atomic E-state index is -0.604. The molecule has 0 aliphatic carbocycles. The van der Waals surface area contributed by atoms with Gasteiger partial charge in [-0.1, -0.05) is 53.5 Å². The van der Waals surface area contributed by atoms with E-state index in [1.54, 1.807) is 18.2 Å². The molecule has 0 bridgehead atoms. The van der Waals surface area contributed by atoms with E-state index in [1.165, 1.54) is 0 Å². The van der Waals surface area contributed by atoms with Crippen molar-refractivity contribution in [2.24, 2.45) is 5.92 Å². The summed E-state index contributed by atoms with van der Waals surface area (Å²) in [5, 5.41) is 21.8. The lowest BCUT2D eigenvalue weighted by Crippen LogP contribution is -2.41. The van der Waals surface area contributed by atoms with Crippen LogP contribution in [0.4, 0.5) is 0 Å². The Labute approximate surface area is 170 Å². The van der Waals surface area contributed by atoms with Gasteiger partial charge in [0.2, 0.25) is 0 Å². The maximum absolute atomic E-state index is 10.6. The summed E-state index contributed by atoms with van der Waals surface area (Å²) >= 11 is 11.9. The van der Waals surface area contributed by atoms with Gasteiger partial charge in [-0.25, -0.2) is 0 Å². The summed E-state index contributed by atoms with van der Waals surface area (Å²) in [5.41, 5.74) is 0.976. The SMILES string of the molecule is OC(COc1ccc(Cl)cc1Cl)CN1CCC(C(O)c2ccccc2)CC1. The zero-order chi connectivity index (χ0) is 19.2. The van der Waals surface area contributed by atoms with Crippen molar-refractivity contribution in [2.75, 3.05) is 26.2 Å². The predicted molar refractivity (Wildman–Crippen MR) is 109 cm³/mol. The van der Waals surface area contributed by atoms with Gasteiger partial charge in [-0.15, -0.1) is 0 Å². The third-order valence-electron chi connectivity index (χ3n) is 5.01. The molecule has 2 aromatic rings. The van der Waals surface area contributed by atoms with Crippen molar-refractivity contribution < 1.29 is 14.9 Å². The fraction of sp³-hybridized carbons (Fsp3) is 0.429. The molecule has 146 valence electrons. The molecule has 0 spiro atoms. The smallest absolute Gasteiger partial charge is 0.138 e. The first kappa shape index (κ1) is 20.4. The van der Waals surface area contributed by atoms with Crippen molar-refractivity contribution in [3.63, 3.8) is 0 Å². The van der Waals surface area contributed by atoms with Crippen molar-refractivity contribution in [3.8, 4) is 5.75 Å². The molecule has 4 nitrogen and oxygen atoms in total. The van der Waals surface area contributed by atoms with E-state index >= 15 is 0 Å². The lowest BCUT2D eigenvalue weighted by Gasteiger charge is -2.35. The second-order valence-corrected chi connectivity index (χ2v) is 7.88. The number of aliphatic hydroxyl groups is 2. The van der Waals surface area contributed by atoms with Crippen LogP contribution in [0.1, 0.15) is 24.5 Å². The summed E-state index contributed by atoms with van der Waals surface area (Å²) in [5.74, 6) is 0.773. The van der Waals surface area contributed by atoms with E-state index in [-0.39, 0.29) is 12.5 Å². The summed E-state index contributed by atoms with van der Waals surface area (Å²) in [6.07, 6.45) is 0.792. The minimum absolute atomic E-state index is 0.175. The van der Waals surface area contributed by atoms with Gasteiger partial charge >= 0.3 is 0 Å². The highest BCUT2D eigenvalue weighted by Crippen LogP contribution is 2.31. The largest absolute Gasteiger partial charge is 0.489 e. The topological polar surface area (TPSA) is 52.9 Å². The van der Waals surface area contributed by atoms with Gasteiger partial charge in [0, 0.05) is 11.6 Å². The van der Waals surface area contributed by atoms with E-state index in [0.29, 0.717) is 22.3 Å². The molecule has 0 saturated carbocycles. The summed E-state index contributed by atoms with van der Waals surface area (Å²) in [6, 6.07) is 14.8. The molecule has 1 fully saturated rings. The number of aliphatic hydroxyl groups excluding tert-OH is 2. The Balaban J connectivity index is 1.42. The summed E-state index contributed by atoms with van der Waals surface area (Å²) in [7, 11) is 0. The quantitative estimate of drug-likeness (QED) is 0.719. The molecule has 6 heteroatoms. The fourth-order valence-corrected chi connectivity index (χ4v) is 3.97. The average molecular weight is 410 g/mol. The normalized spacial score (nSPS) is 18.2. The van der Waals surface area contributed by atoms with Crippen LogP contribution in [-0.2, 0) is 0 Å². The number of hydrogen-bond acceptors (Lipinski definition) is 4. The molecule has 2 N–H and O–H groups in total. The molecule has 3 rings (SSSR count). The number of ether oxygens (including phenoxy) is 1. The second-order valence-electron chi connectivity index (χ2n) is 7.03. The van der Waals surface area contributed by atoms with Crippen molar-refractivity contribution >= 4 is 23.2 Å². The Bertz CT molecular complexity index is 721. The molecule has 1 aliphatic rings. The van der Waals surface area contributed by atoms with Crippen LogP contribution in [-0.4, -0.2) is 47.5 Å². The van der Waals surface area contributed by atoms with Gasteiger partial charge in [0.1, 0.15) is 18.5 Å². The number of hydrogen-bond donors (Lipinski definition) is 2. The maximum atomic E-state index is 10.6. The molecule has 0 amide bonds. The highest BCUT2D eigenvalue weighted by Gasteiger charge is 2.27. The Hall–Kier alpha value is -1.30. The Kier molecular flexibility index (Phi) is 7.39. The second kappa shape index (κ2) is 9.76. The standard InChI is InChI=1S/C21H25Cl2NO3/c22-17-6-7-20(19(23)12-17)27-14-18(25)13-24-10-8-16(9-11-24)21(26)15-4-2-1-3-5-15/h1-7,12,16,18,21,25-26H,8-11,13-14H2. The van der Waals surface area contributed by atoms with Gasteiger partial charge in [0.05, 0.1) is 11.1 Å². The first-order chi connectivity index (χ1) is 13.0. The van der Waals surface area contributed by atoms with Crippen LogP contribution >= 0.6 is 23.2 Å². The lowest BCUT2D eigenvalue weighted by molar-refractivity contribution is 0.0279. The predicted octanol–water partition coefficient (Wildman–Crippen LogP) is 4.18. The lowest BCUT2D eigenvalue weighted by atomic mass is 9.87. The van der Waals surface area contributed by atoms with Crippen molar-refractivity contribution in [2.45, 2.75) is 25.0 Å². The Morgan fingerprint density at radius 2 is 1.74 bits per heavy atom. The minimum Gasteiger partial charge on any atom is -0.489 e. The molecule has 2 aromatic carbocycles. The summed E-state index contributed by atoms with van der Waals surface area (Å²) in [4.78, 5) is 2.21. The van der Waals surface area contributed by atoms with Crippen LogP contribution in [0, 0.1) is 5.92 Å². The van der Waals surface area contributed by atoms with E-state index in [9.17, 15) is 10.2 Å². The van der Waals surface area contributed by atoms with E-state index < -0.39 is 12.2 Å². The molecule has 1 aliphatic heterocycles. The average Bonchev–Trinajstić information content (AvgIpc) is 2.68. The van der Waals surface area contributed by atoms with E-state index in [4.69, 9.17) is 27.9 Å². The molecule has 0 aromatic heterocycles. The molecule has 2 atom stereocenters. The van der Waals surface area contributed by atoms with Crippen molar-refractivity contribution in [1.82, 2.24) is 4.90 Å². The molecule has 1 heterocycles. The van der Waals surface area contributed by atoms with E-state index in [1.807, 2.05) is 30.3 Å². The van der Waals surface area contributed by atoms with Crippen molar-refractivity contribution in [3.05, 3.63) is 64.1 Å². The number of likely N-dealkylation sites (tertiary alicyclic amines) is 1. The molecule has 0 radical (unpaired) electrons. The highest BCUT2D eigenvalue weighted by molar-refractivity contribution is 6.35. The zero-order valence-electron chi connectivity index (χ0n) is 15.1. The van der Waals surface area contributed by atoms with Gasteiger partial charge in [-0.05, 0) is 55.6 Å². The molecule has 2 unspecified atom stereocenters. The Morgan fingerprint density at radius 1 is 1.04 bits per heavy atom. The van der Waals surface area contributed by atoms with Gasteiger partial charge in [-0.2, -0.15) is 0 Å². The third kappa shape index (κ3) is 5.84. The van der Waals surface area contributed by atoms with Gasteiger partial charge in [0.15, 0.2) is 0 Å². The van der Waals surface area contributed by atoms with Gasteiger partial charge < -0.3 is 19.8 Å². The summed E-state index contributed by atoms with van der Waals surface area (Å²) in [6.45, 7) is 2.42. The monoisotopic (exact) mass is 409 g/mol. The Morgan fingerprint density at radius 3 is 2.41 bits per heavy atom. The van der Waals surface area contributed by atoms with Gasteiger partial charge in [-0.3, -0.25) is 0 Å². The van der Waals surface area contributed by atoms with Crippen LogP contribution in [0.3, 0.4) is 0 Å².